The van der Waals surface area contributed by atoms with Gasteiger partial charge in [-0.3, -0.25) is 9.69 Å². The van der Waals surface area contributed by atoms with E-state index in [4.69, 9.17) is 11.6 Å². The second kappa shape index (κ2) is 5.60. The minimum atomic E-state index is 0. The molecule has 0 radical (unpaired) electrons. The number of benzene rings is 1. The summed E-state index contributed by atoms with van der Waals surface area (Å²) in [6, 6.07) is 7.92. The molecule has 2 nitrogen and oxygen atoms in total. The van der Waals surface area contributed by atoms with Gasteiger partial charge in [0.1, 0.15) is 0 Å². The predicted octanol–water partition coefficient (Wildman–Crippen LogP) is 2.97. The van der Waals surface area contributed by atoms with Gasteiger partial charge in [0.25, 0.3) is 0 Å². The van der Waals surface area contributed by atoms with E-state index in [9.17, 15) is 4.79 Å². The summed E-state index contributed by atoms with van der Waals surface area (Å²) in [4.78, 5) is 14.5. The van der Waals surface area contributed by atoms with E-state index in [1.54, 1.807) is 0 Å². The molecule has 1 unspecified atom stereocenters. The van der Waals surface area contributed by atoms with E-state index in [0.717, 1.165) is 42.9 Å². The van der Waals surface area contributed by atoms with E-state index in [2.05, 4.69) is 4.90 Å². The van der Waals surface area contributed by atoms with Crippen molar-refractivity contribution in [1.29, 1.82) is 0 Å². The highest BCUT2D eigenvalue weighted by molar-refractivity contribution is 6.31. The van der Waals surface area contributed by atoms with Gasteiger partial charge >= 0.3 is 0 Å². The van der Waals surface area contributed by atoms with Crippen LogP contribution in [0.4, 0.5) is 0 Å². The van der Waals surface area contributed by atoms with Gasteiger partial charge in [0, 0.05) is 10.9 Å². The number of carbonyl (C=O) groups is 1. The molecule has 3 saturated heterocycles. The maximum atomic E-state index is 12.2. The molecule has 2 bridgehead atoms. The van der Waals surface area contributed by atoms with Gasteiger partial charge < -0.3 is 0 Å². The van der Waals surface area contributed by atoms with Crippen molar-refractivity contribution in [3.05, 3.63) is 34.9 Å². The fourth-order valence-corrected chi connectivity index (χ4v) is 3.26. The average molecular weight is 286 g/mol. The van der Waals surface area contributed by atoms with Crippen molar-refractivity contribution in [2.75, 3.05) is 13.1 Å². The monoisotopic (exact) mass is 285 g/mol. The van der Waals surface area contributed by atoms with E-state index in [-0.39, 0.29) is 18.4 Å². The molecule has 4 heteroatoms. The number of halogens is 2. The van der Waals surface area contributed by atoms with Gasteiger partial charge in [-0.2, -0.15) is 0 Å². The Kier molecular flexibility index (Phi) is 4.31. The smallest absolute Gasteiger partial charge is 0.153 e. The molecule has 3 heterocycles. The van der Waals surface area contributed by atoms with E-state index < -0.39 is 0 Å². The fraction of sp³-hybridized carbons (Fsp3) is 0.500. The number of hydrogen-bond donors (Lipinski definition) is 0. The maximum absolute atomic E-state index is 12.2. The van der Waals surface area contributed by atoms with Gasteiger partial charge in [-0.05, 0) is 44.0 Å². The topological polar surface area (TPSA) is 20.3 Å². The van der Waals surface area contributed by atoms with Crippen LogP contribution in [0.3, 0.4) is 0 Å². The zero-order valence-corrected chi connectivity index (χ0v) is 11.7. The van der Waals surface area contributed by atoms with Crippen molar-refractivity contribution >= 4 is 29.8 Å². The Morgan fingerprint density at radius 1 is 1.22 bits per heavy atom. The third kappa shape index (κ3) is 2.42. The quantitative estimate of drug-likeness (QED) is 0.833. The van der Waals surface area contributed by atoms with Crippen LogP contribution in [-0.4, -0.2) is 29.8 Å². The minimum absolute atomic E-state index is 0. The van der Waals surface area contributed by atoms with E-state index >= 15 is 0 Å². The average Bonchev–Trinajstić information content (AvgIpc) is 2.36. The number of Topliss-reactive ketones (excluding diaryl/α,β-unsaturated/α-hetero) is 1. The summed E-state index contributed by atoms with van der Waals surface area (Å²) >= 11 is 6.16. The van der Waals surface area contributed by atoms with Gasteiger partial charge in [-0.25, -0.2) is 0 Å². The Morgan fingerprint density at radius 3 is 2.50 bits per heavy atom. The van der Waals surface area contributed by atoms with Crippen LogP contribution >= 0.6 is 24.0 Å². The summed E-state index contributed by atoms with van der Waals surface area (Å²) in [5.41, 5.74) is 1.10. The molecule has 0 aliphatic carbocycles. The number of hydrogen-bond acceptors (Lipinski definition) is 2. The molecule has 4 rings (SSSR count). The van der Waals surface area contributed by atoms with Gasteiger partial charge in [-0.15, -0.1) is 12.4 Å². The SMILES string of the molecule is Cl.O=C1C2CCN(CC2)C1Cc1ccccc1Cl. The number of nitrogens with zero attached hydrogens (tertiary/aromatic N) is 1. The van der Waals surface area contributed by atoms with Crippen molar-refractivity contribution in [3.8, 4) is 0 Å². The lowest BCUT2D eigenvalue weighted by atomic mass is 9.80. The first-order valence-electron chi connectivity index (χ1n) is 6.27. The summed E-state index contributed by atoms with van der Waals surface area (Å²) in [5.74, 6) is 0.745. The molecule has 18 heavy (non-hydrogen) atoms. The van der Waals surface area contributed by atoms with Gasteiger partial charge in [0.05, 0.1) is 6.04 Å². The normalized spacial score (nSPS) is 30.1. The number of carbonyl (C=O) groups excluding carboxylic acids is 1. The van der Waals surface area contributed by atoms with Crippen LogP contribution in [0.25, 0.3) is 0 Å². The van der Waals surface area contributed by atoms with Gasteiger partial charge in [0.2, 0.25) is 0 Å². The first-order chi connectivity index (χ1) is 8.25. The van der Waals surface area contributed by atoms with Crippen molar-refractivity contribution in [2.24, 2.45) is 5.92 Å². The van der Waals surface area contributed by atoms with Crippen LogP contribution in [-0.2, 0) is 11.2 Å². The summed E-state index contributed by atoms with van der Waals surface area (Å²) in [5, 5.41) is 0.781. The molecule has 1 aromatic carbocycles. The second-order valence-electron chi connectivity index (χ2n) is 5.02. The highest BCUT2D eigenvalue weighted by Gasteiger charge is 2.40. The summed E-state index contributed by atoms with van der Waals surface area (Å²) in [6.45, 7) is 2.15. The molecular weight excluding hydrogens is 269 g/mol. The molecule has 1 aromatic rings. The molecule has 3 aliphatic rings. The Bertz CT molecular complexity index is 441. The highest BCUT2D eigenvalue weighted by Crippen LogP contribution is 2.31. The zero-order chi connectivity index (χ0) is 11.8. The van der Waals surface area contributed by atoms with E-state index in [1.807, 2.05) is 24.3 Å². The Morgan fingerprint density at radius 2 is 1.89 bits per heavy atom. The lowest BCUT2D eigenvalue weighted by Crippen LogP contribution is -2.56. The number of ketones is 1. The van der Waals surface area contributed by atoms with Crippen molar-refractivity contribution in [2.45, 2.75) is 25.3 Å². The summed E-state index contributed by atoms with van der Waals surface area (Å²) < 4.78 is 0. The molecule has 1 atom stereocenters. The van der Waals surface area contributed by atoms with Crippen LogP contribution < -0.4 is 0 Å². The lowest BCUT2D eigenvalue weighted by molar-refractivity contribution is -0.136. The number of fused-ring (bicyclic) bond motifs is 3. The molecule has 3 fully saturated rings. The predicted molar refractivity (Wildman–Crippen MR) is 75.5 cm³/mol. The third-order valence-corrected chi connectivity index (χ3v) is 4.44. The second-order valence-corrected chi connectivity index (χ2v) is 5.43. The largest absolute Gasteiger partial charge is 0.298 e. The number of rotatable bonds is 2. The van der Waals surface area contributed by atoms with Crippen LogP contribution in [0, 0.1) is 5.92 Å². The molecule has 0 amide bonds. The maximum Gasteiger partial charge on any atom is 0.153 e. The van der Waals surface area contributed by atoms with Crippen LogP contribution in [0.1, 0.15) is 18.4 Å². The molecule has 3 aliphatic heterocycles. The number of piperidine rings is 3. The van der Waals surface area contributed by atoms with E-state index in [1.165, 1.54) is 0 Å². The third-order valence-electron chi connectivity index (χ3n) is 4.07. The minimum Gasteiger partial charge on any atom is -0.298 e. The molecule has 0 saturated carbocycles. The Hall–Kier alpha value is -0.570. The van der Waals surface area contributed by atoms with Gasteiger partial charge in [0.15, 0.2) is 5.78 Å². The van der Waals surface area contributed by atoms with Crippen molar-refractivity contribution in [1.82, 2.24) is 4.90 Å². The summed E-state index contributed by atoms with van der Waals surface area (Å²) in [6.07, 6.45) is 2.88. The van der Waals surface area contributed by atoms with E-state index in [0.29, 0.717) is 11.7 Å². The fourth-order valence-electron chi connectivity index (χ4n) is 3.05. The standard InChI is InChI=1S/C14H16ClNO.ClH/c15-12-4-2-1-3-11(12)9-13-14(17)10-5-7-16(13)8-6-10;/h1-4,10,13H,5-9H2;1H. The molecular formula is C14H17Cl2NO. The first-order valence-corrected chi connectivity index (χ1v) is 6.64. The highest BCUT2D eigenvalue weighted by atomic mass is 35.5. The molecule has 0 aromatic heterocycles. The summed E-state index contributed by atoms with van der Waals surface area (Å²) in [7, 11) is 0. The lowest BCUT2D eigenvalue weighted by Gasteiger charge is -2.44. The first kappa shape index (κ1) is 13.9. The van der Waals surface area contributed by atoms with Gasteiger partial charge in [-0.1, -0.05) is 29.8 Å². The molecule has 0 N–H and O–H groups in total. The Balaban J connectivity index is 0.00000120. The van der Waals surface area contributed by atoms with Crippen LogP contribution in [0.15, 0.2) is 24.3 Å². The van der Waals surface area contributed by atoms with Crippen LogP contribution in [0.5, 0.6) is 0 Å². The Labute approximate surface area is 119 Å². The van der Waals surface area contributed by atoms with Crippen LogP contribution in [0.2, 0.25) is 5.02 Å². The van der Waals surface area contributed by atoms with Crippen molar-refractivity contribution in [3.63, 3.8) is 0 Å². The molecule has 98 valence electrons. The zero-order valence-electron chi connectivity index (χ0n) is 10.1. The van der Waals surface area contributed by atoms with Crippen molar-refractivity contribution < 1.29 is 4.79 Å². The molecule has 0 spiro atoms.